The van der Waals surface area contributed by atoms with Crippen LogP contribution in [0.3, 0.4) is 0 Å². The number of halogens is 1. The van der Waals surface area contributed by atoms with Gasteiger partial charge >= 0.3 is 17.8 Å². The first kappa shape index (κ1) is 24.4. The van der Waals surface area contributed by atoms with Gasteiger partial charge in [-0.25, -0.2) is 4.79 Å². The Bertz CT molecular complexity index is 897. The molecule has 2 unspecified atom stereocenters. The van der Waals surface area contributed by atoms with Crippen LogP contribution in [-0.2, 0) is 30.3 Å². The highest BCUT2D eigenvalue weighted by Crippen LogP contribution is 2.23. The Kier molecular flexibility index (Phi) is 9.53. The van der Waals surface area contributed by atoms with Crippen molar-refractivity contribution < 1.29 is 23.9 Å². The first-order valence-electron chi connectivity index (χ1n) is 10.3. The van der Waals surface area contributed by atoms with E-state index in [2.05, 4.69) is 5.32 Å². The number of esters is 2. The van der Waals surface area contributed by atoms with Crippen LogP contribution in [-0.4, -0.2) is 37.1 Å². The van der Waals surface area contributed by atoms with Gasteiger partial charge in [0.2, 0.25) is 0 Å². The van der Waals surface area contributed by atoms with Crippen molar-refractivity contribution in [2.75, 3.05) is 13.2 Å². The van der Waals surface area contributed by atoms with Gasteiger partial charge in [-0.3, -0.25) is 9.59 Å². The first-order valence-corrected chi connectivity index (χ1v) is 10.7. The first-order chi connectivity index (χ1) is 14.8. The molecule has 0 aromatic heterocycles. The summed E-state index contributed by atoms with van der Waals surface area (Å²) >= 11 is 6.07. The largest absolute Gasteiger partial charge is 0.466 e. The summed E-state index contributed by atoms with van der Waals surface area (Å²) in [4.78, 5) is 36.0. The summed E-state index contributed by atoms with van der Waals surface area (Å²) in [5, 5.41) is 3.36. The van der Waals surface area contributed by atoms with Crippen LogP contribution < -0.4 is 5.32 Å². The SMILES string of the molecule is CCOC(=O)C(=O)NC(Cc1ccc(-c2cccc(Cl)c2)cc1)CC(C)C(=O)OCC. The van der Waals surface area contributed by atoms with E-state index in [1.54, 1.807) is 20.8 Å². The molecule has 2 atom stereocenters. The number of rotatable bonds is 9. The van der Waals surface area contributed by atoms with Gasteiger partial charge in [0.05, 0.1) is 19.1 Å². The van der Waals surface area contributed by atoms with E-state index in [9.17, 15) is 14.4 Å². The van der Waals surface area contributed by atoms with E-state index in [0.717, 1.165) is 16.7 Å². The van der Waals surface area contributed by atoms with E-state index in [-0.39, 0.29) is 19.2 Å². The van der Waals surface area contributed by atoms with Crippen LogP contribution in [0.15, 0.2) is 48.5 Å². The number of carbonyl (C=O) groups excluding carboxylic acids is 3. The fourth-order valence-corrected chi connectivity index (χ4v) is 3.42. The molecule has 1 amide bonds. The third-order valence-electron chi connectivity index (χ3n) is 4.72. The molecule has 1 N–H and O–H groups in total. The maximum absolute atomic E-state index is 12.2. The summed E-state index contributed by atoms with van der Waals surface area (Å²) in [5.41, 5.74) is 2.97. The lowest BCUT2D eigenvalue weighted by atomic mass is 9.95. The van der Waals surface area contributed by atoms with Gasteiger partial charge < -0.3 is 14.8 Å². The topological polar surface area (TPSA) is 81.7 Å². The molecule has 6 nitrogen and oxygen atoms in total. The quantitative estimate of drug-likeness (QED) is 0.462. The molecule has 0 saturated heterocycles. The summed E-state index contributed by atoms with van der Waals surface area (Å²) in [6, 6.07) is 15.0. The zero-order valence-corrected chi connectivity index (χ0v) is 18.8. The Morgan fingerprint density at radius 1 is 0.968 bits per heavy atom. The molecular weight excluding hydrogens is 418 g/mol. The summed E-state index contributed by atoms with van der Waals surface area (Å²) in [6.45, 7) is 5.51. The van der Waals surface area contributed by atoms with Crippen molar-refractivity contribution in [1.82, 2.24) is 5.32 Å². The van der Waals surface area contributed by atoms with E-state index >= 15 is 0 Å². The molecule has 2 aromatic carbocycles. The normalized spacial score (nSPS) is 12.5. The molecular formula is C24H28ClNO5. The zero-order chi connectivity index (χ0) is 22.8. The van der Waals surface area contributed by atoms with Crippen LogP contribution in [0.25, 0.3) is 11.1 Å². The van der Waals surface area contributed by atoms with Gasteiger partial charge in [-0.2, -0.15) is 0 Å². The number of carbonyl (C=O) groups is 3. The maximum Gasteiger partial charge on any atom is 0.396 e. The molecule has 0 radical (unpaired) electrons. The van der Waals surface area contributed by atoms with Crippen molar-refractivity contribution in [2.45, 2.75) is 39.7 Å². The molecule has 0 aliphatic heterocycles. The van der Waals surface area contributed by atoms with Gasteiger partial charge in [-0.05, 0) is 55.5 Å². The Labute approximate surface area is 187 Å². The maximum atomic E-state index is 12.2. The van der Waals surface area contributed by atoms with E-state index in [1.165, 1.54) is 0 Å². The summed E-state index contributed by atoms with van der Waals surface area (Å²) < 4.78 is 9.83. The molecule has 2 rings (SSSR count). The highest BCUT2D eigenvalue weighted by molar-refractivity contribution is 6.32. The third kappa shape index (κ3) is 7.72. The predicted octanol–water partition coefficient (Wildman–Crippen LogP) is 4.19. The van der Waals surface area contributed by atoms with Crippen LogP contribution in [0.1, 0.15) is 32.8 Å². The molecule has 7 heteroatoms. The lowest BCUT2D eigenvalue weighted by molar-refractivity contribution is -0.155. The number of amides is 1. The van der Waals surface area contributed by atoms with E-state index in [4.69, 9.17) is 21.1 Å². The molecule has 0 spiro atoms. The second-order valence-corrected chi connectivity index (χ2v) is 7.63. The van der Waals surface area contributed by atoms with Crippen LogP contribution in [0.5, 0.6) is 0 Å². The third-order valence-corrected chi connectivity index (χ3v) is 4.95. The molecule has 2 aromatic rings. The minimum absolute atomic E-state index is 0.112. The molecule has 0 aliphatic carbocycles. The van der Waals surface area contributed by atoms with E-state index in [1.807, 2.05) is 48.5 Å². The minimum atomic E-state index is -0.937. The van der Waals surface area contributed by atoms with Crippen LogP contribution in [0, 0.1) is 5.92 Å². The molecule has 0 saturated carbocycles. The highest BCUT2D eigenvalue weighted by Gasteiger charge is 2.25. The summed E-state index contributed by atoms with van der Waals surface area (Å²) in [7, 11) is 0. The number of benzene rings is 2. The highest BCUT2D eigenvalue weighted by atomic mass is 35.5. The van der Waals surface area contributed by atoms with E-state index < -0.39 is 23.8 Å². The average Bonchev–Trinajstić information content (AvgIpc) is 2.74. The van der Waals surface area contributed by atoms with E-state index in [0.29, 0.717) is 17.9 Å². The van der Waals surface area contributed by atoms with Crippen molar-refractivity contribution in [2.24, 2.45) is 5.92 Å². The van der Waals surface area contributed by atoms with Crippen molar-refractivity contribution >= 4 is 29.4 Å². The van der Waals surface area contributed by atoms with Gasteiger partial charge in [0.1, 0.15) is 0 Å². The summed E-state index contributed by atoms with van der Waals surface area (Å²) in [6.07, 6.45) is 0.782. The summed E-state index contributed by atoms with van der Waals surface area (Å²) in [5.74, 6) is -2.53. The Morgan fingerprint density at radius 2 is 1.65 bits per heavy atom. The van der Waals surface area contributed by atoms with Crippen molar-refractivity contribution in [3.8, 4) is 11.1 Å². The number of nitrogens with one attached hydrogen (secondary N) is 1. The molecule has 0 aliphatic rings. The Morgan fingerprint density at radius 3 is 2.26 bits per heavy atom. The monoisotopic (exact) mass is 445 g/mol. The molecule has 0 heterocycles. The predicted molar refractivity (Wildman–Crippen MR) is 120 cm³/mol. The number of ether oxygens (including phenoxy) is 2. The van der Waals surface area contributed by atoms with Crippen LogP contribution in [0.4, 0.5) is 0 Å². The smallest absolute Gasteiger partial charge is 0.396 e. The molecule has 0 fully saturated rings. The fraction of sp³-hybridized carbons (Fsp3) is 0.375. The van der Waals surface area contributed by atoms with Crippen molar-refractivity contribution in [1.29, 1.82) is 0 Å². The molecule has 0 bridgehead atoms. The van der Waals surface area contributed by atoms with Gasteiger partial charge in [-0.1, -0.05) is 54.9 Å². The van der Waals surface area contributed by atoms with Gasteiger partial charge in [0.25, 0.3) is 0 Å². The molecule has 166 valence electrons. The zero-order valence-electron chi connectivity index (χ0n) is 18.0. The fourth-order valence-electron chi connectivity index (χ4n) is 3.23. The van der Waals surface area contributed by atoms with Gasteiger partial charge in [0, 0.05) is 11.1 Å². The van der Waals surface area contributed by atoms with Crippen LogP contribution in [0.2, 0.25) is 5.02 Å². The number of hydrogen-bond acceptors (Lipinski definition) is 5. The van der Waals surface area contributed by atoms with Gasteiger partial charge in [-0.15, -0.1) is 0 Å². The Hall–Kier alpha value is -2.86. The molecule has 31 heavy (non-hydrogen) atoms. The number of hydrogen-bond donors (Lipinski definition) is 1. The minimum Gasteiger partial charge on any atom is -0.466 e. The lowest BCUT2D eigenvalue weighted by Gasteiger charge is -2.21. The average molecular weight is 446 g/mol. The Balaban J connectivity index is 2.14. The second kappa shape index (κ2) is 12.1. The van der Waals surface area contributed by atoms with Crippen molar-refractivity contribution in [3.63, 3.8) is 0 Å². The van der Waals surface area contributed by atoms with Crippen LogP contribution >= 0.6 is 11.6 Å². The lowest BCUT2D eigenvalue weighted by Crippen LogP contribution is -2.42. The standard InChI is InChI=1S/C24H28ClNO5/c1-4-30-23(28)16(3)13-21(26-22(27)24(29)31-5-2)14-17-9-11-18(12-10-17)19-7-6-8-20(25)15-19/h6-12,15-16,21H,4-5,13-14H2,1-3H3,(H,26,27). The van der Waals surface area contributed by atoms with Crippen molar-refractivity contribution in [3.05, 3.63) is 59.1 Å². The second-order valence-electron chi connectivity index (χ2n) is 7.19. The van der Waals surface area contributed by atoms with Gasteiger partial charge in [0.15, 0.2) is 0 Å².